The number of hydrogen-bond acceptors (Lipinski definition) is 5. The van der Waals surface area contributed by atoms with Crippen molar-refractivity contribution < 1.29 is 19.1 Å². The van der Waals surface area contributed by atoms with Gasteiger partial charge in [0, 0.05) is 19.0 Å². The molecule has 2 fully saturated rings. The van der Waals surface area contributed by atoms with E-state index in [1.807, 2.05) is 6.07 Å². The summed E-state index contributed by atoms with van der Waals surface area (Å²) < 4.78 is 5.71. The number of nitriles is 1. The molecule has 3 atom stereocenters. The van der Waals surface area contributed by atoms with Crippen LogP contribution in [-0.2, 0) is 9.59 Å². The minimum atomic E-state index is -1.02. The lowest BCUT2D eigenvalue weighted by Gasteiger charge is -2.40. The standard InChI is InChI=1S/C19H22N4O4/c1-12(27-15-8-4-3-6-13(15)10-20)16(24)23-9-5-7-14(11-23)19(2)17(25)21-18(26)22-19/h3-4,6,8,12,14H,5,7,9,11H2,1-2H3,(H2,21,22,25,26)/t12-,14-,19+/m0/s1. The first kappa shape index (κ1) is 18.7. The third kappa shape index (κ3) is 3.58. The van der Waals surface area contributed by atoms with Gasteiger partial charge in [0.05, 0.1) is 5.56 Å². The largest absolute Gasteiger partial charge is 0.480 e. The minimum absolute atomic E-state index is 0.180. The van der Waals surface area contributed by atoms with E-state index in [0.717, 1.165) is 12.8 Å². The summed E-state index contributed by atoms with van der Waals surface area (Å²) in [6.45, 7) is 4.26. The molecule has 27 heavy (non-hydrogen) atoms. The lowest BCUT2D eigenvalue weighted by Crippen LogP contribution is -2.57. The smallest absolute Gasteiger partial charge is 0.322 e. The highest BCUT2D eigenvalue weighted by Gasteiger charge is 2.49. The Balaban J connectivity index is 1.69. The molecule has 0 aromatic heterocycles. The van der Waals surface area contributed by atoms with Gasteiger partial charge < -0.3 is 15.0 Å². The summed E-state index contributed by atoms with van der Waals surface area (Å²) in [5, 5.41) is 14.1. The molecule has 0 radical (unpaired) electrons. The molecule has 0 bridgehead atoms. The number of rotatable bonds is 4. The molecule has 2 heterocycles. The number of carbonyl (C=O) groups is 3. The monoisotopic (exact) mass is 370 g/mol. The summed E-state index contributed by atoms with van der Waals surface area (Å²) in [6, 6.07) is 8.30. The van der Waals surface area contributed by atoms with Crippen LogP contribution in [0.25, 0.3) is 0 Å². The van der Waals surface area contributed by atoms with E-state index in [-0.39, 0.29) is 17.7 Å². The summed E-state index contributed by atoms with van der Waals surface area (Å²) in [7, 11) is 0. The van der Waals surface area contributed by atoms with E-state index in [2.05, 4.69) is 10.6 Å². The predicted molar refractivity (Wildman–Crippen MR) is 95.6 cm³/mol. The van der Waals surface area contributed by atoms with Crippen LogP contribution in [0.1, 0.15) is 32.3 Å². The van der Waals surface area contributed by atoms with Gasteiger partial charge in [-0.15, -0.1) is 0 Å². The SMILES string of the molecule is C[C@H](Oc1ccccc1C#N)C(=O)N1CCC[C@H]([C@@]2(C)NC(=O)NC2=O)C1. The van der Waals surface area contributed by atoms with Crippen molar-refractivity contribution in [3.63, 3.8) is 0 Å². The van der Waals surface area contributed by atoms with Gasteiger partial charge >= 0.3 is 6.03 Å². The lowest BCUT2D eigenvalue weighted by molar-refractivity contribution is -0.141. The van der Waals surface area contributed by atoms with Crippen LogP contribution in [0.3, 0.4) is 0 Å². The van der Waals surface area contributed by atoms with Crippen LogP contribution < -0.4 is 15.4 Å². The molecule has 0 spiro atoms. The zero-order chi connectivity index (χ0) is 19.6. The summed E-state index contributed by atoms with van der Waals surface area (Å²) in [6.07, 6.45) is 0.704. The third-order valence-electron chi connectivity index (χ3n) is 5.28. The van der Waals surface area contributed by atoms with Gasteiger partial charge in [0.2, 0.25) is 0 Å². The summed E-state index contributed by atoms with van der Waals surface area (Å²) >= 11 is 0. The highest BCUT2D eigenvalue weighted by Crippen LogP contribution is 2.30. The average Bonchev–Trinajstić information content (AvgIpc) is 2.94. The molecule has 2 saturated heterocycles. The topological polar surface area (TPSA) is 112 Å². The second-order valence-corrected chi connectivity index (χ2v) is 7.10. The van der Waals surface area contributed by atoms with Crippen molar-refractivity contribution in [3.05, 3.63) is 29.8 Å². The van der Waals surface area contributed by atoms with Crippen LogP contribution in [0, 0.1) is 17.2 Å². The first-order valence-corrected chi connectivity index (χ1v) is 8.93. The summed E-state index contributed by atoms with van der Waals surface area (Å²) in [4.78, 5) is 38.2. The number of urea groups is 1. The van der Waals surface area contributed by atoms with Gasteiger partial charge in [-0.1, -0.05) is 12.1 Å². The van der Waals surface area contributed by atoms with Gasteiger partial charge in [0.15, 0.2) is 6.10 Å². The molecule has 2 N–H and O–H groups in total. The average molecular weight is 370 g/mol. The second kappa shape index (κ2) is 7.27. The number of amides is 4. The maximum Gasteiger partial charge on any atom is 0.322 e. The van der Waals surface area contributed by atoms with E-state index in [4.69, 9.17) is 10.00 Å². The van der Waals surface area contributed by atoms with Crippen molar-refractivity contribution in [2.45, 2.75) is 38.3 Å². The van der Waals surface area contributed by atoms with Gasteiger partial charge in [0.1, 0.15) is 17.4 Å². The van der Waals surface area contributed by atoms with Gasteiger partial charge in [-0.3, -0.25) is 14.9 Å². The Labute approximate surface area is 157 Å². The zero-order valence-corrected chi connectivity index (χ0v) is 15.3. The van der Waals surface area contributed by atoms with E-state index >= 15 is 0 Å². The maximum atomic E-state index is 12.8. The summed E-state index contributed by atoms with van der Waals surface area (Å²) in [5.74, 6) is -0.385. The van der Waals surface area contributed by atoms with Crippen molar-refractivity contribution in [1.82, 2.24) is 15.5 Å². The first-order valence-electron chi connectivity index (χ1n) is 8.93. The normalized spacial score (nSPS) is 26.0. The highest BCUT2D eigenvalue weighted by molar-refractivity contribution is 6.07. The number of hydrogen-bond donors (Lipinski definition) is 2. The zero-order valence-electron chi connectivity index (χ0n) is 15.3. The number of para-hydroxylation sites is 1. The van der Waals surface area contributed by atoms with Crippen LogP contribution in [0.2, 0.25) is 0 Å². The molecule has 3 rings (SSSR count). The lowest BCUT2D eigenvalue weighted by atomic mass is 9.80. The minimum Gasteiger partial charge on any atom is -0.480 e. The van der Waals surface area contributed by atoms with E-state index in [1.54, 1.807) is 43.0 Å². The van der Waals surface area contributed by atoms with Crippen LogP contribution in [0.4, 0.5) is 4.79 Å². The Hall–Kier alpha value is -3.08. The van der Waals surface area contributed by atoms with E-state index < -0.39 is 17.7 Å². The predicted octanol–water partition coefficient (Wildman–Crippen LogP) is 1.16. The molecule has 8 heteroatoms. The Kier molecular flexibility index (Phi) is 5.04. The third-order valence-corrected chi connectivity index (χ3v) is 5.28. The number of ether oxygens (including phenoxy) is 1. The second-order valence-electron chi connectivity index (χ2n) is 7.10. The molecule has 0 unspecified atom stereocenters. The molecule has 4 amide bonds. The molecule has 1 aromatic rings. The Morgan fingerprint density at radius 3 is 2.81 bits per heavy atom. The number of benzene rings is 1. The first-order chi connectivity index (χ1) is 12.8. The molecule has 0 saturated carbocycles. The molecule has 2 aliphatic rings. The molecular formula is C19H22N4O4. The quantitative estimate of drug-likeness (QED) is 0.773. The highest BCUT2D eigenvalue weighted by atomic mass is 16.5. The molecule has 0 aliphatic carbocycles. The molecule has 8 nitrogen and oxygen atoms in total. The van der Waals surface area contributed by atoms with Gasteiger partial charge in [-0.25, -0.2) is 4.79 Å². The number of imide groups is 1. The van der Waals surface area contributed by atoms with E-state index in [0.29, 0.717) is 24.4 Å². The fourth-order valence-corrected chi connectivity index (χ4v) is 3.65. The number of piperidine rings is 1. The van der Waals surface area contributed by atoms with E-state index in [1.165, 1.54) is 0 Å². The van der Waals surface area contributed by atoms with Crippen LogP contribution in [0.5, 0.6) is 5.75 Å². The van der Waals surface area contributed by atoms with Crippen molar-refractivity contribution in [3.8, 4) is 11.8 Å². The van der Waals surface area contributed by atoms with Gasteiger partial charge in [-0.05, 0) is 38.8 Å². The number of carbonyl (C=O) groups excluding carboxylic acids is 3. The van der Waals surface area contributed by atoms with Crippen molar-refractivity contribution in [2.75, 3.05) is 13.1 Å². The number of nitrogens with zero attached hydrogens (tertiary/aromatic N) is 2. The Morgan fingerprint density at radius 1 is 1.41 bits per heavy atom. The van der Waals surface area contributed by atoms with Crippen molar-refractivity contribution in [1.29, 1.82) is 5.26 Å². The van der Waals surface area contributed by atoms with Crippen molar-refractivity contribution in [2.24, 2.45) is 5.92 Å². The van der Waals surface area contributed by atoms with Crippen LogP contribution >= 0.6 is 0 Å². The van der Waals surface area contributed by atoms with Crippen LogP contribution in [-0.4, -0.2) is 47.5 Å². The fraction of sp³-hybridized carbons (Fsp3) is 0.474. The molecule has 2 aliphatic heterocycles. The van der Waals surface area contributed by atoms with Gasteiger partial charge in [0.25, 0.3) is 11.8 Å². The van der Waals surface area contributed by atoms with Gasteiger partial charge in [-0.2, -0.15) is 5.26 Å². The maximum absolute atomic E-state index is 12.8. The number of likely N-dealkylation sites (tertiary alicyclic amines) is 1. The summed E-state index contributed by atoms with van der Waals surface area (Å²) in [5.41, 5.74) is -0.653. The number of nitrogens with one attached hydrogen (secondary N) is 2. The molecular weight excluding hydrogens is 348 g/mol. The van der Waals surface area contributed by atoms with Crippen LogP contribution in [0.15, 0.2) is 24.3 Å². The van der Waals surface area contributed by atoms with Crippen molar-refractivity contribution >= 4 is 17.8 Å². The van der Waals surface area contributed by atoms with E-state index in [9.17, 15) is 14.4 Å². The molecule has 142 valence electrons. The Bertz CT molecular complexity index is 818. The fourth-order valence-electron chi connectivity index (χ4n) is 3.65. The molecule has 1 aromatic carbocycles. The Morgan fingerprint density at radius 2 is 2.15 bits per heavy atom.